The van der Waals surface area contributed by atoms with E-state index in [-0.39, 0.29) is 0 Å². The van der Waals surface area contributed by atoms with Gasteiger partial charge in [-0.1, -0.05) is 0 Å². The Kier molecular flexibility index (Phi) is 5.79. The second-order valence-electron chi connectivity index (χ2n) is 4.42. The van der Waals surface area contributed by atoms with Crippen molar-refractivity contribution in [1.82, 2.24) is 0 Å². The molecule has 0 aliphatic carbocycles. The predicted octanol–water partition coefficient (Wildman–Crippen LogP) is 4.81. The van der Waals surface area contributed by atoms with Crippen LogP contribution in [0.25, 0.3) is 0 Å². The summed E-state index contributed by atoms with van der Waals surface area (Å²) in [5.41, 5.74) is -16.8. The molecule has 0 aliphatic heterocycles. The van der Waals surface area contributed by atoms with E-state index in [4.69, 9.17) is 5.41 Å². The van der Waals surface area contributed by atoms with Crippen LogP contribution in [-0.4, -0.2) is 42.1 Å². The molecule has 0 saturated carbocycles. The number of nitrogens with one attached hydrogen (secondary N) is 1. The molecule has 26 heavy (non-hydrogen) atoms. The molecule has 0 heterocycles. The molecular weight excluding hydrogens is 421 g/mol. The van der Waals surface area contributed by atoms with E-state index in [9.17, 15) is 65.9 Å². The van der Waals surface area contributed by atoms with Crippen LogP contribution in [0, 0.1) is 5.41 Å². The lowest BCUT2D eigenvalue weighted by Crippen LogP contribution is -2.68. The highest BCUT2D eigenvalue weighted by atomic mass is 19.4. The number of alkyl halides is 15. The van der Waals surface area contributed by atoms with Gasteiger partial charge >= 0.3 is 30.9 Å². The van der Waals surface area contributed by atoms with Crippen LogP contribution < -0.4 is 5.73 Å². The molecule has 0 amide bonds. The first kappa shape index (κ1) is 24.3. The zero-order valence-electron chi connectivity index (χ0n) is 11.2. The van der Waals surface area contributed by atoms with E-state index in [0.717, 1.165) is 0 Å². The van der Waals surface area contributed by atoms with Crippen LogP contribution >= 0.6 is 0 Å². The number of nitrogens with two attached hydrogens (primary N) is 1. The first-order chi connectivity index (χ1) is 10.9. The summed E-state index contributed by atoms with van der Waals surface area (Å²) in [5, 5.41) is 6.14. The van der Waals surface area contributed by atoms with Gasteiger partial charge in [0, 0.05) is 5.57 Å². The molecule has 2 nitrogen and oxygen atoms in total. The molecule has 0 saturated heterocycles. The molecule has 0 unspecified atom stereocenters. The van der Waals surface area contributed by atoms with Gasteiger partial charge in [0.1, 0.15) is 11.3 Å². The Hall–Kier alpha value is -1.68. The van der Waals surface area contributed by atoms with E-state index in [1.807, 2.05) is 0 Å². The molecule has 0 spiro atoms. The maximum Gasteiger partial charge on any atom is 0.433 e. The summed E-state index contributed by atoms with van der Waals surface area (Å²) in [6, 6.07) is 0. The monoisotopic (exact) mass is 424 g/mol. The van der Waals surface area contributed by atoms with Crippen molar-refractivity contribution in [3.8, 4) is 0 Å². The van der Waals surface area contributed by atoms with Gasteiger partial charge in [0.05, 0.1) is 0 Å². The molecule has 0 radical (unpaired) electrons. The number of hydrogen-bond donors (Lipinski definition) is 2. The summed E-state index contributed by atoms with van der Waals surface area (Å²) in [6.45, 7) is 0. The number of halogens is 15. The SMILES string of the molecule is N=C(C(=C(C(F)(F)F)C(F)(F)F)C(N)(C(F)(F)F)C(F)(F)F)C(F)(F)F. The van der Waals surface area contributed by atoms with Crippen molar-refractivity contribution >= 4 is 5.71 Å². The molecule has 0 bridgehead atoms. The third kappa shape index (κ3) is 4.35. The second-order valence-corrected chi connectivity index (χ2v) is 4.42. The molecule has 0 atom stereocenters. The Morgan fingerprint density at radius 1 is 0.538 bits per heavy atom. The van der Waals surface area contributed by atoms with E-state index in [0.29, 0.717) is 0 Å². The molecule has 3 N–H and O–H groups in total. The smallest absolute Gasteiger partial charge is 0.306 e. The van der Waals surface area contributed by atoms with Crippen molar-refractivity contribution in [2.24, 2.45) is 5.73 Å². The lowest BCUT2D eigenvalue weighted by molar-refractivity contribution is -0.283. The summed E-state index contributed by atoms with van der Waals surface area (Å²) in [6.07, 6.45) is -35.8. The Morgan fingerprint density at radius 3 is 0.962 bits per heavy atom. The molecule has 0 rings (SSSR count). The van der Waals surface area contributed by atoms with E-state index < -0.39 is 53.3 Å². The Morgan fingerprint density at radius 2 is 0.808 bits per heavy atom. The molecule has 154 valence electrons. The fraction of sp³-hybridized carbons (Fsp3) is 0.667. The first-order valence-corrected chi connectivity index (χ1v) is 5.37. The molecule has 0 aromatic heterocycles. The van der Waals surface area contributed by atoms with Gasteiger partial charge < -0.3 is 5.73 Å². The van der Waals surface area contributed by atoms with Gasteiger partial charge in [-0.3, -0.25) is 5.41 Å². The summed E-state index contributed by atoms with van der Waals surface area (Å²) in [5.74, 6) is 0. The second kappa shape index (κ2) is 6.19. The van der Waals surface area contributed by atoms with Crippen molar-refractivity contribution in [3.05, 3.63) is 11.1 Å². The van der Waals surface area contributed by atoms with Crippen molar-refractivity contribution in [3.63, 3.8) is 0 Å². The van der Waals surface area contributed by atoms with Crippen LogP contribution in [-0.2, 0) is 0 Å². The lowest BCUT2D eigenvalue weighted by Gasteiger charge is -2.38. The minimum atomic E-state index is -7.32. The average molecular weight is 424 g/mol. The van der Waals surface area contributed by atoms with Gasteiger partial charge in [0.25, 0.3) is 0 Å². The minimum absolute atomic E-state index is 3.64. The highest BCUT2D eigenvalue weighted by Gasteiger charge is 2.75. The zero-order valence-corrected chi connectivity index (χ0v) is 11.2. The van der Waals surface area contributed by atoms with Gasteiger partial charge in [-0.15, -0.1) is 0 Å². The van der Waals surface area contributed by atoms with Gasteiger partial charge in [0.2, 0.25) is 5.54 Å². The Balaban J connectivity index is 7.67. The largest absolute Gasteiger partial charge is 0.433 e. The summed E-state index contributed by atoms with van der Waals surface area (Å²) < 4.78 is 188. The van der Waals surface area contributed by atoms with Crippen molar-refractivity contribution in [1.29, 1.82) is 5.41 Å². The van der Waals surface area contributed by atoms with Gasteiger partial charge in [-0.2, -0.15) is 65.9 Å². The predicted molar refractivity (Wildman–Crippen MR) is 51.9 cm³/mol. The first-order valence-electron chi connectivity index (χ1n) is 5.37. The summed E-state index contributed by atoms with van der Waals surface area (Å²) in [7, 11) is 0. The Bertz CT molecular complexity index is 549. The van der Waals surface area contributed by atoms with Crippen LogP contribution in [0.2, 0.25) is 0 Å². The molecule has 0 fully saturated rings. The number of allylic oxidation sites excluding steroid dienone is 1. The summed E-state index contributed by atoms with van der Waals surface area (Å²) in [4.78, 5) is 0. The molecular formula is C9H3F15N2. The van der Waals surface area contributed by atoms with Crippen LogP contribution in [0.1, 0.15) is 0 Å². The zero-order chi connectivity index (χ0) is 21.7. The highest BCUT2D eigenvalue weighted by molar-refractivity contribution is 6.05. The Labute approximate surface area is 131 Å². The van der Waals surface area contributed by atoms with Crippen LogP contribution in [0.3, 0.4) is 0 Å². The molecule has 0 aromatic rings. The van der Waals surface area contributed by atoms with E-state index in [2.05, 4.69) is 5.73 Å². The lowest BCUT2D eigenvalue weighted by atomic mass is 9.81. The molecule has 0 aliphatic rings. The maximum absolute atomic E-state index is 12.7. The third-order valence-electron chi connectivity index (χ3n) is 2.64. The maximum atomic E-state index is 12.7. The fourth-order valence-electron chi connectivity index (χ4n) is 1.55. The minimum Gasteiger partial charge on any atom is -0.306 e. The normalized spacial score (nSPS) is 15.1. The van der Waals surface area contributed by atoms with E-state index in [1.54, 1.807) is 0 Å². The van der Waals surface area contributed by atoms with Crippen molar-refractivity contribution in [2.75, 3.05) is 0 Å². The number of hydrogen-bond acceptors (Lipinski definition) is 2. The van der Waals surface area contributed by atoms with E-state index >= 15 is 0 Å². The van der Waals surface area contributed by atoms with E-state index in [1.165, 1.54) is 0 Å². The topological polar surface area (TPSA) is 49.9 Å². The van der Waals surface area contributed by atoms with Crippen LogP contribution in [0.4, 0.5) is 65.9 Å². The van der Waals surface area contributed by atoms with Crippen LogP contribution in [0.15, 0.2) is 11.1 Å². The highest BCUT2D eigenvalue weighted by Crippen LogP contribution is 2.52. The standard InChI is InChI=1S/C9H3F15N2/c10-5(11,12)2(6(13,14)15)1(3(25)7(16,17)18)4(26,8(19,20)21)9(22,23)24/h25H,26H2. The van der Waals surface area contributed by atoms with Crippen LogP contribution in [0.5, 0.6) is 0 Å². The van der Waals surface area contributed by atoms with Crippen molar-refractivity contribution in [2.45, 2.75) is 36.4 Å². The van der Waals surface area contributed by atoms with Gasteiger partial charge in [-0.25, -0.2) is 0 Å². The number of rotatable bonds is 2. The molecule has 17 heteroatoms. The quantitative estimate of drug-likeness (QED) is 0.485. The molecule has 0 aromatic carbocycles. The van der Waals surface area contributed by atoms with Gasteiger partial charge in [-0.05, 0) is 0 Å². The fourth-order valence-corrected chi connectivity index (χ4v) is 1.55. The average Bonchev–Trinajstić information content (AvgIpc) is 2.26. The summed E-state index contributed by atoms with van der Waals surface area (Å²) >= 11 is 0. The van der Waals surface area contributed by atoms with Gasteiger partial charge in [0.15, 0.2) is 0 Å². The third-order valence-corrected chi connectivity index (χ3v) is 2.64. The van der Waals surface area contributed by atoms with Crippen molar-refractivity contribution < 1.29 is 65.9 Å².